The highest BCUT2D eigenvalue weighted by Crippen LogP contribution is 2.25. The lowest BCUT2D eigenvalue weighted by atomic mass is 10.1. The van der Waals surface area contributed by atoms with Crippen molar-refractivity contribution in [2.75, 3.05) is 0 Å². The molecule has 0 aromatic carbocycles. The van der Waals surface area contributed by atoms with Gasteiger partial charge in [0.25, 0.3) is 0 Å². The maximum atomic E-state index is 5.69. The summed E-state index contributed by atoms with van der Waals surface area (Å²) < 4.78 is 5.94. The largest absolute Gasteiger partial charge is 0.273 e. The molecule has 3 N–H and O–H groups in total. The molecule has 0 aliphatic carbocycles. The van der Waals surface area contributed by atoms with Gasteiger partial charge in [-0.3, -0.25) is 16.0 Å². The molecule has 1 atom stereocenters. The Kier molecular flexibility index (Phi) is 5.00. The number of hydrogen-bond donors (Lipinski definition) is 2. The van der Waals surface area contributed by atoms with Crippen LogP contribution in [0.5, 0.6) is 0 Å². The SMILES string of the molecule is CCCc1nnsc1C(CCc1ccnn1C)NN. The van der Waals surface area contributed by atoms with Gasteiger partial charge in [-0.2, -0.15) is 5.10 Å². The number of hydrogen-bond acceptors (Lipinski definition) is 6. The number of nitrogens with two attached hydrogens (primary N) is 1. The zero-order valence-electron chi connectivity index (χ0n) is 11.3. The van der Waals surface area contributed by atoms with Gasteiger partial charge >= 0.3 is 0 Å². The molecule has 0 bridgehead atoms. The summed E-state index contributed by atoms with van der Waals surface area (Å²) in [6.07, 6.45) is 5.68. The van der Waals surface area contributed by atoms with Crippen LogP contribution in [0.2, 0.25) is 0 Å². The van der Waals surface area contributed by atoms with Gasteiger partial charge in [-0.1, -0.05) is 17.8 Å². The Morgan fingerprint density at radius 1 is 1.47 bits per heavy atom. The van der Waals surface area contributed by atoms with Crippen LogP contribution in [0.4, 0.5) is 0 Å². The first-order chi connectivity index (χ1) is 9.26. The van der Waals surface area contributed by atoms with Gasteiger partial charge < -0.3 is 0 Å². The van der Waals surface area contributed by atoms with Crippen molar-refractivity contribution in [3.05, 3.63) is 28.5 Å². The van der Waals surface area contributed by atoms with Gasteiger partial charge in [0.1, 0.15) is 0 Å². The Balaban J connectivity index is 2.03. The average Bonchev–Trinajstić information content (AvgIpc) is 3.01. The van der Waals surface area contributed by atoms with Gasteiger partial charge in [-0.05, 0) is 36.9 Å². The molecule has 19 heavy (non-hydrogen) atoms. The summed E-state index contributed by atoms with van der Waals surface area (Å²) in [4.78, 5) is 1.16. The van der Waals surface area contributed by atoms with Crippen molar-refractivity contribution in [2.45, 2.75) is 38.6 Å². The first kappa shape index (κ1) is 14.1. The molecule has 104 valence electrons. The number of hydrazine groups is 1. The first-order valence-electron chi connectivity index (χ1n) is 6.50. The Bertz CT molecular complexity index is 506. The summed E-state index contributed by atoms with van der Waals surface area (Å²) in [6.45, 7) is 2.14. The molecule has 2 aromatic rings. The van der Waals surface area contributed by atoms with E-state index in [1.165, 1.54) is 17.2 Å². The van der Waals surface area contributed by atoms with Gasteiger partial charge in [0, 0.05) is 18.9 Å². The lowest BCUT2D eigenvalue weighted by molar-refractivity contribution is 0.509. The molecular weight excluding hydrogens is 260 g/mol. The van der Waals surface area contributed by atoms with E-state index in [-0.39, 0.29) is 6.04 Å². The molecule has 0 saturated carbocycles. The molecule has 2 rings (SSSR count). The smallest absolute Gasteiger partial charge is 0.0804 e. The molecule has 0 spiro atoms. The Labute approximate surface area is 117 Å². The molecule has 0 aliphatic heterocycles. The van der Waals surface area contributed by atoms with E-state index < -0.39 is 0 Å². The van der Waals surface area contributed by atoms with E-state index in [9.17, 15) is 0 Å². The van der Waals surface area contributed by atoms with E-state index in [2.05, 4.69) is 27.0 Å². The second kappa shape index (κ2) is 6.74. The van der Waals surface area contributed by atoms with Crippen molar-refractivity contribution in [2.24, 2.45) is 12.9 Å². The zero-order valence-corrected chi connectivity index (χ0v) is 12.2. The van der Waals surface area contributed by atoms with Crippen molar-refractivity contribution < 1.29 is 0 Å². The molecule has 2 aromatic heterocycles. The van der Waals surface area contributed by atoms with E-state index in [0.717, 1.165) is 36.3 Å². The molecule has 0 saturated heterocycles. The number of nitrogens with one attached hydrogen (secondary N) is 1. The second-order valence-corrected chi connectivity index (χ2v) is 5.32. The highest BCUT2D eigenvalue weighted by Gasteiger charge is 2.18. The number of aromatic nitrogens is 4. The maximum Gasteiger partial charge on any atom is 0.0804 e. The minimum absolute atomic E-state index is 0.108. The minimum Gasteiger partial charge on any atom is -0.273 e. The zero-order chi connectivity index (χ0) is 13.7. The van der Waals surface area contributed by atoms with Crippen molar-refractivity contribution in [3.63, 3.8) is 0 Å². The van der Waals surface area contributed by atoms with Gasteiger partial charge in [0.05, 0.1) is 16.6 Å². The van der Waals surface area contributed by atoms with Gasteiger partial charge in [0.2, 0.25) is 0 Å². The highest BCUT2D eigenvalue weighted by molar-refractivity contribution is 7.05. The van der Waals surface area contributed by atoms with Crippen LogP contribution < -0.4 is 11.3 Å². The fourth-order valence-electron chi connectivity index (χ4n) is 2.12. The Morgan fingerprint density at radius 2 is 2.32 bits per heavy atom. The Morgan fingerprint density at radius 3 is 2.95 bits per heavy atom. The lowest BCUT2D eigenvalue weighted by Gasteiger charge is -2.14. The van der Waals surface area contributed by atoms with Crippen LogP contribution in [0.3, 0.4) is 0 Å². The van der Waals surface area contributed by atoms with Crippen molar-refractivity contribution >= 4 is 11.5 Å². The fraction of sp³-hybridized carbons (Fsp3) is 0.583. The fourth-order valence-corrected chi connectivity index (χ4v) is 2.91. The summed E-state index contributed by atoms with van der Waals surface area (Å²) in [5.41, 5.74) is 5.16. The minimum atomic E-state index is 0.108. The number of aryl methyl sites for hydroxylation is 3. The van der Waals surface area contributed by atoms with Crippen molar-refractivity contribution in [1.82, 2.24) is 24.8 Å². The first-order valence-corrected chi connectivity index (χ1v) is 7.27. The molecule has 6 nitrogen and oxygen atoms in total. The number of nitrogens with zero attached hydrogens (tertiary/aromatic N) is 4. The molecule has 0 amide bonds. The standard InChI is InChI=1S/C12H20N6S/c1-3-4-11-12(19-17-16-11)10(15-13)6-5-9-7-8-14-18(9)2/h7-8,10,15H,3-6,13H2,1-2H3. The van der Waals surface area contributed by atoms with E-state index in [4.69, 9.17) is 5.84 Å². The summed E-state index contributed by atoms with van der Waals surface area (Å²) in [7, 11) is 1.96. The number of rotatable bonds is 7. The third-order valence-corrected chi connectivity index (χ3v) is 4.08. The molecular formula is C12H20N6S. The third-order valence-electron chi connectivity index (χ3n) is 3.20. The Hall–Kier alpha value is -1.31. The van der Waals surface area contributed by atoms with Gasteiger partial charge in [0.15, 0.2) is 0 Å². The summed E-state index contributed by atoms with van der Waals surface area (Å²) in [5.74, 6) is 5.69. The third kappa shape index (κ3) is 3.37. The predicted octanol–water partition coefficient (Wildman–Crippen LogP) is 1.36. The average molecular weight is 280 g/mol. The normalized spacial score (nSPS) is 12.8. The molecule has 0 fully saturated rings. The van der Waals surface area contributed by atoms with Gasteiger partial charge in [-0.15, -0.1) is 5.10 Å². The highest BCUT2D eigenvalue weighted by atomic mass is 32.1. The molecule has 0 radical (unpaired) electrons. The summed E-state index contributed by atoms with van der Waals surface area (Å²) in [6, 6.07) is 2.14. The van der Waals surface area contributed by atoms with E-state index >= 15 is 0 Å². The van der Waals surface area contributed by atoms with E-state index in [0.29, 0.717) is 0 Å². The topological polar surface area (TPSA) is 81.7 Å². The molecule has 0 aliphatic rings. The van der Waals surface area contributed by atoms with Crippen molar-refractivity contribution in [3.8, 4) is 0 Å². The second-order valence-electron chi connectivity index (χ2n) is 4.54. The van der Waals surface area contributed by atoms with Crippen LogP contribution in [0.15, 0.2) is 12.3 Å². The van der Waals surface area contributed by atoms with E-state index in [1.807, 2.05) is 24.0 Å². The monoisotopic (exact) mass is 280 g/mol. The quantitative estimate of drug-likeness (QED) is 0.591. The maximum absolute atomic E-state index is 5.69. The summed E-state index contributed by atoms with van der Waals surface area (Å²) >= 11 is 1.44. The van der Waals surface area contributed by atoms with Crippen LogP contribution >= 0.6 is 11.5 Å². The van der Waals surface area contributed by atoms with Crippen LogP contribution in [0, 0.1) is 0 Å². The van der Waals surface area contributed by atoms with Crippen molar-refractivity contribution in [1.29, 1.82) is 0 Å². The van der Waals surface area contributed by atoms with Crippen LogP contribution in [-0.4, -0.2) is 19.4 Å². The van der Waals surface area contributed by atoms with Crippen LogP contribution in [0.25, 0.3) is 0 Å². The molecule has 1 unspecified atom stereocenters. The van der Waals surface area contributed by atoms with Gasteiger partial charge in [-0.25, -0.2) is 0 Å². The summed E-state index contributed by atoms with van der Waals surface area (Å²) in [5, 5.41) is 8.37. The van der Waals surface area contributed by atoms with E-state index in [1.54, 1.807) is 0 Å². The van der Waals surface area contributed by atoms with Crippen LogP contribution in [-0.2, 0) is 19.9 Å². The molecule has 2 heterocycles. The van der Waals surface area contributed by atoms with Crippen LogP contribution in [0.1, 0.15) is 42.1 Å². The molecule has 7 heteroatoms. The lowest BCUT2D eigenvalue weighted by Crippen LogP contribution is -2.28. The predicted molar refractivity (Wildman–Crippen MR) is 75.5 cm³/mol.